The molecule has 0 aliphatic heterocycles. The summed E-state index contributed by atoms with van der Waals surface area (Å²) < 4.78 is 5.80. The molecule has 0 atom stereocenters. The van der Waals surface area contributed by atoms with E-state index in [4.69, 9.17) is 4.74 Å². The number of hydrogen-bond acceptors (Lipinski definition) is 4. The average molecular weight is 435 g/mol. The number of carbonyl (C=O) groups excluding carboxylic acids is 1. The fraction of sp³-hybridized carbons (Fsp3) is 0.400. The molecule has 0 unspecified atom stereocenters. The normalized spacial score (nSPS) is 11.7. The molecule has 0 aliphatic carbocycles. The zero-order valence-electron chi connectivity index (χ0n) is 12.9. The molecule has 126 valence electrons. The van der Waals surface area contributed by atoms with Gasteiger partial charge in [0.2, 0.25) is 5.54 Å². The Morgan fingerprint density at radius 1 is 1.17 bits per heavy atom. The van der Waals surface area contributed by atoms with Gasteiger partial charge in [0, 0.05) is 9.99 Å². The van der Waals surface area contributed by atoms with E-state index in [1.807, 2.05) is 27.9 Å². The highest BCUT2D eigenvalue weighted by Crippen LogP contribution is 2.18. The molecule has 1 aromatic carbocycles. The molecule has 7 nitrogen and oxygen atoms in total. The quantitative estimate of drug-likeness (QED) is 0.483. The summed E-state index contributed by atoms with van der Waals surface area (Å²) in [5.74, 6) is -3.34. The van der Waals surface area contributed by atoms with Crippen LogP contribution < -0.4 is 5.32 Å². The van der Waals surface area contributed by atoms with Gasteiger partial charge in [-0.25, -0.2) is 14.4 Å². The lowest BCUT2D eigenvalue weighted by Crippen LogP contribution is -2.62. The summed E-state index contributed by atoms with van der Waals surface area (Å²) in [6.07, 6.45) is -1.51. The monoisotopic (exact) mass is 435 g/mol. The van der Waals surface area contributed by atoms with E-state index in [1.54, 1.807) is 45.0 Å². The van der Waals surface area contributed by atoms with Crippen LogP contribution in [0.5, 0.6) is 0 Å². The van der Waals surface area contributed by atoms with Crippen LogP contribution in [0, 0.1) is 3.57 Å². The number of benzene rings is 1. The van der Waals surface area contributed by atoms with Crippen molar-refractivity contribution in [2.24, 2.45) is 0 Å². The van der Waals surface area contributed by atoms with Crippen molar-refractivity contribution in [1.29, 1.82) is 0 Å². The van der Waals surface area contributed by atoms with E-state index in [0.717, 1.165) is 3.57 Å². The number of alkyl carbamates (subject to hydrolysis) is 1. The Morgan fingerprint density at radius 3 is 2.17 bits per heavy atom. The van der Waals surface area contributed by atoms with Gasteiger partial charge in [0.25, 0.3) is 0 Å². The number of nitrogens with one attached hydrogen (secondary N) is 1. The highest BCUT2D eigenvalue weighted by atomic mass is 127. The smallest absolute Gasteiger partial charge is 0.409 e. The minimum Gasteiger partial charge on any atom is -0.479 e. The van der Waals surface area contributed by atoms with Gasteiger partial charge in [-0.2, -0.15) is 0 Å². The number of halogens is 1. The van der Waals surface area contributed by atoms with Crippen LogP contribution in [-0.4, -0.2) is 39.4 Å². The minimum atomic E-state index is -2.51. The highest BCUT2D eigenvalue weighted by molar-refractivity contribution is 14.1. The van der Waals surface area contributed by atoms with E-state index in [-0.39, 0.29) is 0 Å². The Morgan fingerprint density at radius 2 is 1.74 bits per heavy atom. The first kappa shape index (κ1) is 19.2. The summed E-state index contributed by atoms with van der Waals surface area (Å²) in [6, 6.07) is 6.71. The summed E-state index contributed by atoms with van der Waals surface area (Å²) >= 11 is 2.03. The molecule has 3 N–H and O–H groups in total. The molecular weight excluding hydrogens is 417 g/mol. The minimum absolute atomic E-state index is 0.409. The molecule has 23 heavy (non-hydrogen) atoms. The second kappa shape index (κ2) is 7.16. The summed E-state index contributed by atoms with van der Waals surface area (Å²) in [5.41, 5.74) is -2.92. The van der Waals surface area contributed by atoms with Gasteiger partial charge >= 0.3 is 18.0 Å². The van der Waals surface area contributed by atoms with Crippen molar-refractivity contribution in [3.8, 4) is 0 Å². The molecule has 0 bridgehead atoms. The number of rotatable bonds is 5. The van der Waals surface area contributed by atoms with Crippen LogP contribution in [0.15, 0.2) is 24.3 Å². The van der Waals surface area contributed by atoms with Crippen molar-refractivity contribution in [2.75, 3.05) is 0 Å². The Kier molecular flexibility index (Phi) is 5.98. The van der Waals surface area contributed by atoms with Crippen LogP contribution in [0.3, 0.4) is 0 Å². The topological polar surface area (TPSA) is 113 Å². The van der Waals surface area contributed by atoms with Crippen LogP contribution in [0.25, 0.3) is 0 Å². The summed E-state index contributed by atoms with van der Waals surface area (Å²) in [7, 11) is 0. The maximum Gasteiger partial charge on any atom is 0.409 e. The number of carboxylic acids is 2. The number of ether oxygens (including phenoxy) is 1. The number of hydrogen-bond donors (Lipinski definition) is 3. The predicted molar refractivity (Wildman–Crippen MR) is 90.2 cm³/mol. The van der Waals surface area contributed by atoms with E-state index in [1.165, 1.54) is 0 Å². The lowest BCUT2D eigenvalue weighted by atomic mass is 9.91. The molecule has 0 aromatic heterocycles. The van der Waals surface area contributed by atoms with Gasteiger partial charge < -0.3 is 14.9 Å². The third-order valence-electron chi connectivity index (χ3n) is 2.80. The van der Waals surface area contributed by atoms with Gasteiger partial charge in [-0.05, 0) is 61.1 Å². The molecule has 0 fully saturated rings. The molecule has 0 radical (unpaired) electrons. The van der Waals surface area contributed by atoms with Crippen molar-refractivity contribution in [3.63, 3.8) is 0 Å². The van der Waals surface area contributed by atoms with Gasteiger partial charge in [-0.1, -0.05) is 12.1 Å². The summed E-state index contributed by atoms with van der Waals surface area (Å²) in [5, 5.41) is 20.8. The SMILES string of the molecule is CC(C)(C)OC(=O)NC(Cc1cccc(I)c1)(C(=O)O)C(=O)O. The third-order valence-corrected chi connectivity index (χ3v) is 3.47. The second-order valence-corrected chi connectivity index (χ2v) is 7.19. The van der Waals surface area contributed by atoms with E-state index >= 15 is 0 Å². The van der Waals surface area contributed by atoms with Crippen molar-refractivity contribution < 1.29 is 29.3 Å². The van der Waals surface area contributed by atoms with Crippen LogP contribution in [0.1, 0.15) is 26.3 Å². The lowest BCUT2D eigenvalue weighted by Gasteiger charge is -2.28. The number of carbonyl (C=O) groups is 3. The van der Waals surface area contributed by atoms with E-state index in [9.17, 15) is 24.6 Å². The van der Waals surface area contributed by atoms with Crippen molar-refractivity contribution in [1.82, 2.24) is 5.32 Å². The molecule has 0 heterocycles. The first-order chi connectivity index (χ1) is 10.5. The molecule has 1 rings (SSSR count). The number of amides is 1. The standard InChI is InChI=1S/C15H18INO6/c1-14(2,3)23-13(22)17-15(11(18)19,12(20)21)8-9-5-4-6-10(16)7-9/h4-7H,8H2,1-3H3,(H,17,22)(H,18,19)(H,20,21). The van der Waals surface area contributed by atoms with Crippen LogP contribution >= 0.6 is 22.6 Å². The zero-order chi connectivity index (χ0) is 17.8. The molecule has 0 aliphatic rings. The van der Waals surface area contributed by atoms with E-state index in [0.29, 0.717) is 5.56 Å². The van der Waals surface area contributed by atoms with Crippen LogP contribution in [0.2, 0.25) is 0 Å². The maximum atomic E-state index is 11.9. The van der Waals surface area contributed by atoms with Crippen LogP contribution in [-0.2, 0) is 20.7 Å². The fourth-order valence-corrected chi connectivity index (χ4v) is 2.43. The van der Waals surface area contributed by atoms with E-state index < -0.39 is 35.6 Å². The lowest BCUT2D eigenvalue weighted by molar-refractivity contribution is -0.159. The molecule has 1 amide bonds. The maximum absolute atomic E-state index is 11.9. The third kappa shape index (κ3) is 5.38. The van der Waals surface area contributed by atoms with Crippen molar-refractivity contribution in [2.45, 2.75) is 38.3 Å². The van der Waals surface area contributed by atoms with Gasteiger partial charge in [-0.15, -0.1) is 0 Å². The molecule has 8 heteroatoms. The van der Waals surface area contributed by atoms with Gasteiger partial charge in [0.05, 0.1) is 0 Å². The predicted octanol–water partition coefficient (Wildman–Crippen LogP) is 2.27. The van der Waals surface area contributed by atoms with Crippen LogP contribution in [0.4, 0.5) is 4.79 Å². The Labute approximate surface area is 147 Å². The highest BCUT2D eigenvalue weighted by Gasteiger charge is 2.49. The largest absolute Gasteiger partial charge is 0.479 e. The second-order valence-electron chi connectivity index (χ2n) is 5.95. The molecule has 0 saturated carbocycles. The Balaban J connectivity index is 3.15. The van der Waals surface area contributed by atoms with Gasteiger partial charge in [0.1, 0.15) is 5.60 Å². The Bertz CT molecular complexity index is 609. The summed E-state index contributed by atoms with van der Waals surface area (Å²) in [4.78, 5) is 35.1. The molecule has 0 spiro atoms. The summed E-state index contributed by atoms with van der Waals surface area (Å²) in [6.45, 7) is 4.78. The average Bonchev–Trinajstić information content (AvgIpc) is 2.34. The van der Waals surface area contributed by atoms with Crippen molar-refractivity contribution in [3.05, 3.63) is 33.4 Å². The first-order valence-corrected chi connectivity index (χ1v) is 7.76. The number of aliphatic carboxylic acids is 2. The first-order valence-electron chi connectivity index (χ1n) is 6.69. The Hall–Kier alpha value is -1.84. The van der Waals surface area contributed by atoms with Gasteiger partial charge in [-0.3, -0.25) is 5.32 Å². The molecule has 1 aromatic rings. The molecular formula is C15H18INO6. The van der Waals surface area contributed by atoms with Gasteiger partial charge in [0.15, 0.2) is 0 Å². The number of carboxylic acid groups (broad SMARTS) is 2. The molecule has 0 saturated heterocycles. The fourth-order valence-electron chi connectivity index (χ4n) is 1.82. The van der Waals surface area contributed by atoms with Crippen molar-refractivity contribution >= 4 is 40.6 Å². The zero-order valence-corrected chi connectivity index (χ0v) is 15.1. The van der Waals surface area contributed by atoms with E-state index in [2.05, 4.69) is 0 Å².